The van der Waals surface area contributed by atoms with E-state index in [2.05, 4.69) is 22.9 Å². The van der Waals surface area contributed by atoms with Crippen LogP contribution >= 0.6 is 12.6 Å². The zero-order valence-electron chi connectivity index (χ0n) is 7.75. The van der Waals surface area contributed by atoms with E-state index in [1.54, 1.807) is 12.1 Å². The lowest BCUT2D eigenvalue weighted by Gasteiger charge is -2.10. The third-order valence-corrected chi connectivity index (χ3v) is 2.05. The highest BCUT2D eigenvalue weighted by molar-refractivity contribution is 7.80. The first-order valence-electron chi connectivity index (χ1n) is 4.20. The van der Waals surface area contributed by atoms with Crippen LogP contribution in [-0.2, 0) is 4.79 Å². The van der Waals surface area contributed by atoms with Crippen molar-refractivity contribution in [1.29, 1.82) is 0 Å². The highest BCUT2D eigenvalue weighted by Gasteiger charge is 2.19. The van der Waals surface area contributed by atoms with Crippen molar-refractivity contribution in [1.82, 2.24) is 10.3 Å². The lowest BCUT2D eigenvalue weighted by atomic mass is 10.3. The van der Waals surface area contributed by atoms with Crippen molar-refractivity contribution >= 4 is 24.5 Å². The van der Waals surface area contributed by atoms with Gasteiger partial charge in [-0.3, -0.25) is 9.78 Å². The van der Waals surface area contributed by atoms with Crippen LogP contribution in [0.15, 0.2) is 24.4 Å². The summed E-state index contributed by atoms with van der Waals surface area (Å²) < 4.78 is 0. The SMILES string of the molecule is O=C(NC(CS)C(=O)O)c1ccccn1. The monoisotopic (exact) mass is 226 g/mol. The van der Waals surface area contributed by atoms with E-state index < -0.39 is 17.9 Å². The lowest BCUT2D eigenvalue weighted by Crippen LogP contribution is -2.42. The molecule has 0 aliphatic rings. The summed E-state index contributed by atoms with van der Waals surface area (Å²) in [5.41, 5.74) is 0.186. The van der Waals surface area contributed by atoms with E-state index in [0.717, 1.165) is 0 Å². The molecule has 0 aliphatic heterocycles. The molecule has 1 aromatic rings. The Hall–Kier alpha value is -1.56. The quantitative estimate of drug-likeness (QED) is 0.640. The third-order valence-electron chi connectivity index (χ3n) is 1.68. The molecule has 0 radical (unpaired) electrons. The van der Waals surface area contributed by atoms with Crippen molar-refractivity contribution in [3.05, 3.63) is 30.1 Å². The molecule has 0 aromatic carbocycles. The van der Waals surface area contributed by atoms with Gasteiger partial charge in [0.25, 0.3) is 5.91 Å². The molecular weight excluding hydrogens is 216 g/mol. The standard InChI is InChI=1S/C9H10N2O3S/c12-8(6-3-1-2-4-10-6)11-7(5-15)9(13)14/h1-4,7,15H,5H2,(H,11,12)(H,13,14). The number of carboxylic acid groups (broad SMARTS) is 1. The van der Waals surface area contributed by atoms with Gasteiger partial charge in [0, 0.05) is 11.9 Å². The Kier molecular flexibility index (Phi) is 4.11. The maximum absolute atomic E-state index is 11.4. The molecule has 1 amide bonds. The molecule has 0 saturated heterocycles. The minimum Gasteiger partial charge on any atom is -0.480 e. The van der Waals surface area contributed by atoms with Crippen molar-refractivity contribution in [3.8, 4) is 0 Å². The number of carbonyl (C=O) groups is 2. The van der Waals surface area contributed by atoms with Gasteiger partial charge in [0.05, 0.1) is 0 Å². The van der Waals surface area contributed by atoms with Crippen LogP contribution in [0.3, 0.4) is 0 Å². The molecule has 1 unspecified atom stereocenters. The number of nitrogens with one attached hydrogen (secondary N) is 1. The topological polar surface area (TPSA) is 79.3 Å². The molecule has 80 valence electrons. The fourth-order valence-electron chi connectivity index (χ4n) is 0.915. The first-order valence-corrected chi connectivity index (χ1v) is 4.84. The summed E-state index contributed by atoms with van der Waals surface area (Å²) in [6.07, 6.45) is 1.46. The number of thiol groups is 1. The smallest absolute Gasteiger partial charge is 0.327 e. The second kappa shape index (κ2) is 5.35. The second-order valence-corrected chi connectivity index (χ2v) is 3.13. The highest BCUT2D eigenvalue weighted by Crippen LogP contribution is 1.95. The van der Waals surface area contributed by atoms with Crippen LogP contribution < -0.4 is 5.32 Å². The molecule has 0 spiro atoms. The van der Waals surface area contributed by atoms with E-state index in [1.165, 1.54) is 12.3 Å². The summed E-state index contributed by atoms with van der Waals surface area (Å²) in [7, 11) is 0. The van der Waals surface area contributed by atoms with Gasteiger partial charge in [-0.05, 0) is 12.1 Å². The molecule has 0 aliphatic carbocycles. The van der Waals surface area contributed by atoms with Gasteiger partial charge in [-0.15, -0.1) is 0 Å². The fourth-order valence-corrected chi connectivity index (χ4v) is 1.16. The second-order valence-electron chi connectivity index (χ2n) is 2.76. The number of hydrogen-bond acceptors (Lipinski definition) is 4. The Morgan fingerprint density at radius 1 is 1.53 bits per heavy atom. The van der Waals surface area contributed by atoms with Gasteiger partial charge in [0.2, 0.25) is 0 Å². The van der Waals surface area contributed by atoms with Crippen LogP contribution in [0.2, 0.25) is 0 Å². The van der Waals surface area contributed by atoms with Gasteiger partial charge >= 0.3 is 5.97 Å². The minimum atomic E-state index is -1.12. The van der Waals surface area contributed by atoms with Gasteiger partial charge < -0.3 is 10.4 Å². The number of amides is 1. The summed E-state index contributed by atoms with van der Waals surface area (Å²) in [4.78, 5) is 25.9. The number of hydrogen-bond donors (Lipinski definition) is 3. The molecule has 0 fully saturated rings. The van der Waals surface area contributed by atoms with E-state index in [1.807, 2.05) is 0 Å². The summed E-state index contributed by atoms with van der Waals surface area (Å²) in [5.74, 6) is -1.60. The van der Waals surface area contributed by atoms with Crippen LogP contribution in [0.25, 0.3) is 0 Å². The van der Waals surface area contributed by atoms with E-state index in [4.69, 9.17) is 5.11 Å². The number of nitrogens with zero attached hydrogens (tertiary/aromatic N) is 1. The molecule has 0 bridgehead atoms. The van der Waals surface area contributed by atoms with Gasteiger partial charge in [-0.25, -0.2) is 4.79 Å². The number of aromatic nitrogens is 1. The van der Waals surface area contributed by atoms with Crippen LogP contribution in [0.1, 0.15) is 10.5 Å². The fraction of sp³-hybridized carbons (Fsp3) is 0.222. The molecule has 1 atom stereocenters. The van der Waals surface area contributed by atoms with Gasteiger partial charge in [-0.1, -0.05) is 6.07 Å². The van der Waals surface area contributed by atoms with E-state index in [9.17, 15) is 9.59 Å². The van der Waals surface area contributed by atoms with Crippen molar-refractivity contribution in [3.63, 3.8) is 0 Å². The predicted octanol–water partition coefficient (Wildman–Crippen LogP) is 0.194. The molecule has 0 saturated carbocycles. The van der Waals surface area contributed by atoms with Gasteiger partial charge in [-0.2, -0.15) is 12.6 Å². The Morgan fingerprint density at radius 2 is 2.27 bits per heavy atom. The van der Waals surface area contributed by atoms with E-state index >= 15 is 0 Å². The van der Waals surface area contributed by atoms with E-state index in [0.29, 0.717) is 0 Å². The van der Waals surface area contributed by atoms with E-state index in [-0.39, 0.29) is 11.4 Å². The van der Waals surface area contributed by atoms with Crippen LogP contribution in [0.4, 0.5) is 0 Å². The number of pyridine rings is 1. The third kappa shape index (κ3) is 3.25. The first kappa shape index (κ1) is 11.5. The maximum Gasteiger partial charge on any atom is 0.327 e. The van der Waals surface area contributed by atoms with Crippen LogP contribution in [-0.4, -0.2) is 33.8 Å². The summed E-state index contributed by atoms with van der Waals surface area (Å²) in [6.45, 7) is 0. The summed E-state index contributed by atoms with van der Waals surface area (Å²) in [6, 6.07) is 3.83. The number of carboxylic acids is 1. The maximum atomic E-state index is 11.4. The normalized spacial score (nSPS) is 11.8. The Balaban J connectivity index is 2.67. The number of carbonyl (C=O) groups excluding carboxylic acids is 1. The van der Waals surface area contributed by atoms with Crippen LogP contribution in [0.5, 0.6) is 0 Å². The molecular formula is C9H10N2O3S. The molecule has 1 rings (SSSR count). The molecule has 1 aromatic heterocycles. The van der Waals surface area contributed by atoms with Crippen molar-refractivity contribution < 1.29 is 14.7 Å². The van der Waals surface area contributed by atoms with Gasteiger partial charge in [0.1, 0.15) is 11.7 Å². The summed E-state index contributed by atoms with van der Waals surface area (Å²) >= 11 is 3.83. The Labute approximate surface area is 91.9 Å². The highest BCUT2D eigenvalue weighted by atomic mass is 32.1. The van der Waals surface area contributed by atoms with Crippen molar-refractivity contribution in [2.24, 2.45) is 0 Å². The average molecular weight is 226 g/mol. The zero-order valence-corrected chi connectivity index (χ0v) is 8.65. The first-order chi connectivity index (χ1) is 7.15. The Bertz CT molecular complexity index is 356. The zero-order chi connectivity index (χ0) is 11.3. The van der Waals surface area contributed by atoms with Crippen LogP contribution in [0, 0.1) is 0 Å². The van der Waals surface area contributed by atoms with Crippen molar-refractivity contribution in [2.45, 2.75) is 6.04 Å². The molecule has 2 N–H and O–H groups in total. The molecule has 5 nitrogen and oxygen atoms in total. The largest absolute Gasteiger partial charge is 0.480 e. The number of aliphatic carboxylic acids is 1. The lowest BCUT2D eigenvalue weighted by molar-refractivity contribution is -0.138. The molecule has 15 heavy (non-hydrogen) atoms. The Morgan fingerprint density at radius 3 is 2.73 bits per heavy atom. The minimum absolute atomic E-state index is 0.0356. The molecule has 6 heteroatoms. The summed E-state index contributed by atoms with van der Waals surface area (Å²) in [5, 5.41) is 11.0. The number of rotatable bonds is 4. The molecule has 1 heterocycles. The van der Waals surface area contributed by atoms with Crippen molar-refractivity contribution in [2.75, 3.05) is 5.75 Å². The predicted molar refractivity (Wildman–Crippen MR) is 57.0 cm³/mol. The average Bonchev–Trinajstić information content (AvgIpc) is 2.26. The van der Waals surface area contributed by atoms with Gasteiger partial charge in [0.15, 0.2) is 0 Å².